The zero-order valence-corrected chi connectivity index (χ0v) is 42.3. The van der Waals surface area contributed by atoms with Crippen molar-refractivity contribution in [2.45, 2.75) is 91.9 Å². The van der Waals surface area contributed by atoms with Crippen molar-refractivity contribution in [3.05, 3.63) is 204 Å². The van der Waals surface area contributed by atoms with Crippen LogP contribution in [0.4, 0.5) is 34.1 Å². The molecule has 0 atom stereocenters. The normalized spacial score (nSPS) is 15.2. The average Bonchev–Trinajstić information content (AvgIpc) is 2.90. The maximum Gasteiger partial charge on any atom is 0.0645 e. The molecule has 13 aromatic rings. The zero-order valence-electron chi connectivity index (χ0n) is 54.3. The summed E-state index contributed by atoms with van der Waals surface area (Å²) in [6.07, 6.45) is 0. The van der Waals surface area contributed by atoms with Gasteiger partial charge in [-0.1, -0.05) is 154 Å². The van der Waals surface area contributed by atoms with Gasteiger partial charge in [-0.2, -0.15) is 0 Å². The molecule has 9 aromatic carbocycles. The standard InChI is InChI=1S/C68H62N4/c1-41(2)43-21-27-49(28-22-43)69(47-17-13-11-14-18-47)59-35-31-51-53-39-62-54(40-61(53)71-57-33-25-45(67(5,6)7)37-55(57)63(59)65(51)71)52-32-36-60(64-56-38-46(68(8,9)10)26-34-58(56)72(62)66(52)64)70(48-19-15-12-16-20-48)50-29-23-44(24-30-50)42(3)4/h11-42H,1-10H3/i21D,22D,23D,24D,27D,28D,29D,30D,31D,32D,35D,36D. The topological polar surface area (TPSA) is 15.3 Å². The van der Waals surface area contributed by atoms with Crippen molar-refractivity contribution in [2.24, 2.45) is 0 Å². The van der Waals surface area contributed by atoms with E-state index in [0.29, 0.717) is 65.8 Å². The van der Waals surface area contributed by atoms with Crippen molar-refractivity contribution < 1.29 is 16.4 Å². The summed E-state index contributed by atoms with van der Waals surface area (Å²) in [6, 6.07) is 32.6. The second-order valence-electron chi connectivity index (χ2n) is 22.1. The molecule has 0 saturated carbocycles. The van der Waals surface area contributed by atoms with E-state index in [1.165, 1.54) is 0 Å². The van der Waals surface area contributed by atoms with Gasteiger partial charge >= 0.3 is 0 Å². The fourth-order valence-corrected chi connectivity index (χ4v) is 10.9. The molecule has 4 aromatic heterocycles. The molecule has 4 heterocycles. The molecule has 0 aliphatic heterocycles. The smallest absolute Gasteiger partial charge is 0.0645 e. The van der Waals surface area contributed by atoms with E-state index in [1.54, 1.807) is 9.80 Å². The van der Waals surface area contributed by atoms with Gasteiger partial charge in [-0.15, -0.1) is 0 Å². The zero-order chi connectivity index (χ0) is 60.0. The Morgan fingerprint density at radius 2 is 0.750 bits per heavy atom. The van der Waals surface area contributed by atoms with Crippen LogP contribution >= 0.6 is 0 Å². The molecule has 0 amide bonds. The Bertz CT molecular complexity index is 4580. The number of rotatable bonds is 8. The van der Waals surface area contributed by atoms with Crippen LogP contribution in [0.2, 0.25) is 0 Å². The Morgan fingerprint density at radius 1 is 0.375 bits per heavy atom. The number of benzene rings is 9. The van der Waals surface area contributed by atoms with Crippen LogP contribution in [-0.4, -0.2) is 8.80 Å². The lowest BCUT2D eigenvalue weighted by Crippen LogP contribution is -2.11. The minimum atomic E-state index is -0.326. The van der Waals surface area contributed by atoms with Gasteiger partial charge in [0.2, 0.25) is 0 Å². The monoisotopic (exact) mass is 947 g/mol. The van der Waals surface area contributed by atoms with Crippen molar-refractivity contribution in [1.29, 1.82) is 0 Å². The van der Waals surface area contributed by atoms with Crippen molar-refractivity contribution in [2.75, 3.05) is 9.80 Å². The number of hydrogen-bond donors (Lipinski definition) is 0. The van der Waals surface area contributed by atoms with Crippen LogP contribution in [0, 0.1) is 0 Å². The summed E-state index contributed by atoms with van der Waals surface area (Å²) in [4.78, 5) is 3.29. The summed E-state index contributed by atoms with van der Waals surface area (Å²) in [7, 11) is 0. The summed E-state index contributed by atoms with van der Waals surface area (Å²) in [5.74, 6) is -0.624. The quantitative estimate of drug-likeness (QED) is 0.151. The molecule has 0 saturated heterocycles. The third-order valence-corrected chi connectivity index (χ3v) is 14.7. The predicted octanol–water partition coefficient (Wildman–Crippen LogP) is 19.8. The van der Waals surface area contributed by atoms with Gasteiger partial charge in [0.15, 0.2) is 0 Å². The molecule has 0 radical (unpaired) electrons. The Morgan fingerprint density at radius 3 is 1.10 bits per heavy atom. The maximum atomic E-state index is 10.4. The number of fused-ring (bicyclic) bond motifs is 12. The van der Waals surface area contributed by atoms with Gasteiger partial charge in [-0.05, 0) is 142 Å². The van der Waals surface area contributed by atoms with Gasteiger partial charge in [0.1, 0.15) is 0 Å². The van der Waals surface area contributed by atoms with Crippen LogP contribution in [0.1, 0.15) is 120 Å². The molecule has 4 nitrogen and oxygen atoms in total. The summed E-state index contributed by atoms with van der Waals surface area (Å²) in [5, 5.41) is 4.99. The van der Waals surface area contributed by atoms with E-state index < -0.39 is 0 Å². The summed E-state index contributed by atoms with van der Waals surface area (Å²) >= 11 is 0. The number of para-hydroxylation sites is 2. The van der Waals surface area contributed by atoms with Gasteiger partial charge in [0, 0.05) is 65.8 Å². The molecule has 0 N–H and O–H groups in total. The van der Waals surface area contributed by atoms with Crippen molar-refractivity contribution in [3.63, 3.8) is 0 Å². The lowest BCUT2D eigenvalue weighted by molar-refractivity contribution is 0.591. The molecule has 0 bridgehead atoms. The van der Waals surface area contributed by atoms with Crippen LogP contribution < -0.4 is 9.80 Å². The average molecular weight is 947 g/mol. The van der Waals surface area contributed by atoms with Crippen molar-refractivity contribution in [1.82, 2.24) is 8.80 Å². The van der Waals surface area contributed by atoms with Crippen LogP contribution in [0.5, 0.6) is 0 Å². The van der Waals surface area contributed by atoms with Crippen molar-refractivity contribution >= 4 is 110 Å². The van der Waals surface area contributed by atoms with E-state index in [0.717, 1.165) is 32.9 Å². The third-order valence-electron chi connectivity index (χ3n) is 14.7. The fourth-order valence-electron chi connectivity index (χ4n) is 10.9. The fraction of sp³-hybridized carbons (Fsp3) is 0.206. The van der Waals surface area contributed by atoms with Gasteiger partial charge in [-0.3, -0.25) is 0 Å². The first-order chi connectivity index (χ1) is 39.7. The Labute approximate surface area is 439 Å². The van der Waals surface area contributed by atoms with E-state index in [-0.39, 0.29) is 129 Å². The molecule has 0 spiro atoms. The van der Waals surface area contributed by atoms with Gasteiger partial charge in [0.05, 0.1) is 60.9 Å². The van der Waals surface area contributed by atoms with Crippen LogP contribution in [0.25, 0.3) is 76.2 Å². The third kappa shape index (κ3) is 6.57. The lowest BCUT2D eigenvalue weighted by Gasteiger charge is -2.27. The molecular formula is C68H62N4. The highest BCUT2D eigenvalue weighted by Crippen LogP contribution is 2.52. The van der Waals surface area contributed by atoms with Gasteiger partial charge in [-0.25, -0.2) is 0 Å². The molecule has 13 rings (SSSR count). The Balaban J connectivity index is 1.22. The van der Waals surface area contributed by atoms with Crippen LogP contribution in [-0.2, 0) is 10.8 Å². The van der Waals surface area contributed by atoms with E-state index in [1.807, 2.05) is 100 Å². The molecule has 0 unspecified atom stereocenters. The van der Waals surface area contributed by atoms with E-state index in [9.17, 15) is 16.4 Å². The Kier molecular flexibility index (Phi) is 7.25. The van der Waals surface area contributed by atoms with Crippen LogP contribution in [0.3, 0.4) is 0 Å². The SMILES string of the molecule is [2H]c1c([2H])c(N(c2ccccc2)c2c([2H])c([2H])c3c4cc5c(cc4n4c6ccc(C(C)(C)C)cc6c2c34)c2c([2H])c([2H])c(N(c3ccccc3)c3c([2H])c([2H])c(C(C)C)c([2H])c3[2H])c3c4cc(C(C)(C)C)ccc4n5c23)c([2H])c([2H])c1C(C)C. The number of nitrogens with zero attached hydrogens (tertiary/aromatic N) is 4. The highest BCUT2D eigenvalue weighted by molar-refractivity contribution is 6.32. The molecule has 72 heavy (non-hydrogen) atoms. The molecular weight excluding hydrogens is 873 g/mol. The van der Waals surface area contributed by atoms with Gasteiger partial charge in [0.25, 0.3) is 0 Å². The molecule has 0 aliphatic carbocycles. The van der Waals surface area contributed by atoms with E-state index in [4.69, 9.17) is 0 Å². The summed E-state index contributed by atoms with van der Waals surface area (Å²) < 4.78 is 121. The maximum absolute atomic E-state index is 10.4. The number of hydrogen-bond acceptors (Lipinski definition) is 2. The van der Waals surface area contributed by atoms with Crippen molar-refractivity contribution in [3.8, 4) is 0 Å². The second kappa shape index (κ2) is 15.8. The number of anilines is 6. The van der Waals surface area contributed by atoms with Gasteiger partial charge < -0.3 is 18.6 Å². The summed E-state index contributed by atoms with van der Waals surface area (Å²) in [5.41, 5.74) is 7.46. The highest BCUT2D eigenvalue weighted by Gasteiger charge is 2.29. The highest BCUT2D eigenvalue weighted by atomic mass is 15.2. The minimum absolute atomic E-state index is 0.0361. The Hall–Kier alpha value is -7.82. The molecule has 354 valence electrons. The lowest BCUT2D eigenvalue weighted by atomic mass is 9.86. The minimum Gasteiger partial charge on any atom is -0.310 e. The number of aromatic nitrogens is 2. The molecule has 0 aliphatic rings. The first-order valence-electron chi connectivity index (χ1n) is 31.0. The summed E-state index contributed by atoms with van der Waals surface area (Å²) in [6.45, 7) is 20.2. The van der Waals surface area contributed by atoms with Crippen LogP contribution in [0.15, 0.2) is 182 Å². The van der Waals surface area contributed by atoms with E-state index in [2.05, 4.69) is 86.7 Å². The predicted molar refractivity (Wildman–Crippen MR) is 311 cm³/mol. The van der Waals surface area contributed by atoms with E-state index >= 15 is 0 Å². The first-order valence-corrected chi connectivity index (χ1v) is 25.0. The largest absolute Gasteiger partial charge is 0.310 e. The molecule has 0 fully saturated rings. The second-order valence-corrected chi connectivity index (χ2v) is 22.1. The molecule has 4 heteroatoms. The first kappa shape index (κ1) is 32.9.